The van der Waals surface area contributed by atoms with Crippen LogP contribution in [0, 0.1) is 0 Å². The lowest BCUT2D eigenvalue weighted by Gasteiger charge is -2.34. The van der Waals surface area contributed by atoms with Crippen molar-refractivity contribution < 1.29 is 9.53 Å². The fraction of sp³-hybridized carbons (Fsp3) is 0.368. The smallest absolute Gasteiger partial charge is 0.255 e. The van der Waals surface area contributed by atoms with Gasteiger partial charge in [-0.05, 0) is 24.7 Å². The number of nitrogens with zero attached hydrogens (tertiary/aromatic N) is 3. The number of likely N-dealkylation sites (N-methyl/N-ethyl adjacent to an activating group) is 1. The average molecular weight is 340 g/mol. The van der Waals surface area contributed by atoms with Gasteiger partial charge in [0, 0.05) is 44.1 Å². The number of nitrogens with one attached hydrogen (secondary N) is 1. The summed E-state index contributed by atoms with van der Waals surface area (Å²) < 4.78 is 5.23. The molecule has 6 nitrogen and oxygen atoms in total. The molecule has 2 aromatic rings. The van der Waals surface area contributed by atoms with Gasteiger partial charge in [-0.2, -0.15) is 0 Å². The van der Waals surface area contributed by atoms with Gasteiger partial charge in [-0.1, -0.05) is 13.0 Å². The number of amides is 1. The Morgan fingerprint density at radius 3 is 2.68 bits per heavy atom. The molecule has 1 aromatic heterocycles. The number of methoxy groups -OCH3 is 1. The minimum Gasteiger partial charge on any atom is -0.497 e. The number of carbonyl (C=O) groups excluding carboxylic acids is 1. The Morgan fingerprint density at radius 2 is 1.96 bits per heavy atom. The van der Waals surface area contributed by atoms with Crippen LogP contribution in [0.25, 0.3) is 0 Å². The number of anilines is 2. The van der Waals surface area contributed by atoms with Gasteiger partial charge in [0.15, 0.2) is 0 Å². The summed E-state index contributed by atoms with van der Waals surface area (Å²) in [5.74, 6) is 0.816. The molecule has 25 heavy (non-hydrogen) atoms. The Morgan fingerprint density at radius 1 is 1.16 bits per heavy atom. The number of aromatic nitrogens is 1. The van der Waals surface area contributed by atoms with Crippen molar-refractivity contribution in [3.8, 4) is 5.75 Å². The number of ether oxygens (including phenoxy) is 1. The molecule has 1 amide bonds. The second kappa shape index (κ2) is 7.98. The molecule has 0 unspecified atom stereocenters. The summed E-state index contributed by atoms with van der Waals surface area (Å²) in [6.45, 7) is 6.56. The fourth-order valence-corrected chi connectivity index (χ4v) is 2.94. The second-order valence-electron chi connectivity index (χ2n) is 6.05. The van der Waals surface area contributed by atoms with Crippen LogP contribution in [-0.2, 0) is 0 Å². The standard InChI is InChI=1S/C19H24N4O2/c1-3-22-7-9-23(10-8-22)19(24)15-11-17(14-20-13-15)21-16-5-4-6-18(12-16)25-2/h4-6,11-14,21H,3,7-10H2,1-2H3. The number of pyridine rings is 1. The largest absolute Gasteiger partial charge is 0.497 e. The zero-order valence-corrected chi connectivity index (χ0v) is 14.7. The SMILES string of the molecule is CCN1CCN(C(=O)c2cncc(Nc3cccc(OC)c3)c2)CC1. The lowest BCUT2D eigenvalue weighted by atomic mass is 10.2. The maximum Gasteiger partial charge on any atom is 0.255 e. The van der Waals surface area contributed by atoms with Gasteiger partial charge in [-0.3, -0.25) is 9.78 Å². The molecule has 0 aliphatic carbocycles. The van der Waals surface area contributed by atoms with Crippen LogP contribution in [0.1, 0.15) is 17.3 Å². The highest BCUT2D eigenvalue weighted by Gasteiger charge is 2.21. The van der Waals surface area contributed by atoms with Crippen molar-refractivity contribution in [3.63, 3.8) is 0 Å². The number of carbonyl (C=O) groups is 1. The van der Waals surface area contributed by atoms with E-state index in [9.17, 15) is 4.79 Å². The first-order valence-electron chi connectivity index (χ1n) is 8.57. The molecule has 3 rings (SSSR count). The zero-order chi connectivity index (χ0) is 17.6. The van der Waals surface area contributed by atoms with Gasteiger partial charge in [0.05, 0.1) is 24.6 Å². The van der Waals surface area contributed by atoms with Crippen molar-refractivity contribution in [2.45, 2.75) is 6.92 Å². The van der Waals surface area contributed by atoms with E-state index < -0.39 is 0 Å². The van der Waals surface area contributed by atoms with E-state index >= 15 is 0 Å². The molecule has 1 aliphatic heterocycles. The van der Waals surface area contributed by atoms with Gasteiger partial charge in [-0.25, -0.2) is 0 Å². The van der Waals surface area contributed by atoms with Crippen molar-refractivity contribution in [1.82, 2.24) is 14.8 Å². The van der Waals surface area contributed by atoms with E-state index in [0.29, 0.717) is 5.56 Å². The van der Waals surface area contributed by atoms with Crippen LogP contribution >= 0.6 is 0 Å². The summed E-state index contributed by atoms with van der Waals surface area (Å²) in [5.41, 5.74) is 2.28. The predicted octanol–water partition coefficient (Wildman–Crippen LogP) is 2.61. The number of hydrogen-bond donors (Lipinski definition) is 1. The van der Waals surface area contributed by atoms with E-state index in [2.05, 4.69) is 22.1 Å². The monoisotopic (exact) mass is 340 g/mol. The summed E-state index contributed by atoms with van der Waals surface area (Å²) in [6, 6.07) is 9.50. The van der Waals surface area contributed by atoms with E-state index in [1.54, 1.807) is 19.5 Å². The van der Waals surface area contributed by atoms with Gasteiger partial charge in [0.1, 0.15) is 5.75 Å². The average Bonchev–Trinajstić information content (AvgIpc) is 2.68. The normalized spacial score (nSPS) is 15.0. The molecule has 1 saturated heterocycles. The van der Waals surface area contributed by atoms with Gasteiger partial charge in [-0.15, -0.1) is 0 Å². The van der Waals surface area contributed by atoms with Crippen LogP contribution in [0.5, 0.6) is 5.75 Å². The number of piperazine rings is 1. The fourth-order valence-electron chi connectivity index (χ4n) is 2.94. The Kier molecular flexibility index (Phi) is 5.50. The summed E-state index contributed by atoms with van der Waals surface area (Å²) in [4.78, 5) is 21.2. The molecule has 0 atom stereocenters. The van der Waals surface area contributed by atoms with Gasteiger partial charge in [0.25, 0.3) is 5.91 Å². The minimum absolute atomic E-state index is 0.0394. The lowest BCUT2D eigenvalue weighted by molar-refractivity contribution is 0.0643. The van der Waals surface area contributed by atoms with E-state index in [-0.39, 0.29) is 5.91 Å². The number of rotatable bonds is 5. The molecule has 0 bridgehead atoms. The molecule has 1 aromatic carbocycles. The van der Waals surface area contributed by atoms with E-state index in [0.717, 1.165) is 49.8 Å². The first-order chi connectivity index (χ1) is 12.2. The molecule has 2 heterocycles. The molecule has 6 heteroatoms. The molecule has 0 spiro atoms. The first kappa shape index (κ1) is 17.2. The third kappa shape index (κ3) is 4.28. The minimum atomic E-state index is 0.0394. The van der Waals surface area contributed by atoms with Crippen LogP contribution < -0.4 is 10.1 Å². The summed E-state index contributed by atoms with van der Waals surface area (Å²) in [6.07, 6.45) is 3.34. The molecule has 132 valence electrons. The predicted molar refractivity (Wildman–Crippen MR) is 98.5 cm³/mol. The summed E-state index contributed by atoms with van der Waals surface area (Å²) in [7, 11) is 1.64. The van der Waals surface area contributed by atoms with Crippen LogP contribution in [0.2, 0.25) is 0 Å². The van der Waals surface area contributed by atoms with E-state index in [1.165, 1.54) is 0 Å². The zero-order valence-electron chi connectivity index (χ0n) is 14.7. The van der Waals surface area contributed by atoms with E-state index in [1.807, 2.05) is 35.2 Å². The second-order valence-corrected chi connectivity index (χ2v) is 6.05. The molecule has 1 N–H and O–H groups in total. The molecular formula is C19H24N4O2. The highest BCUT2D eigenvalue weighted by molar-refractivity contribution is 5.95. The number of benzene rings is 1. The third-order valence-electron chi connectivity index (χ3n) is 4.45. The first-order valence-corrected chi connectivity index (χ1v) is 8.57. The van der Waals surface area contributed by atoms with Crippen LogP contribution in [-0.4, -0.2) is 60.5 Å². The number of hydrogen-bond acceptors (Lipinski definition) is 5. The lowest BCUT2D eigenvalue weighted by Crippen LogP contribution is -2.48. The molecule has 1 aliphatic rings. The summed E-state index contributed by atoms with van der Waals surface area (Å²) in [5, 5.41) is 3.27. The van der Waals surface area contributed by atoms with E-state index in [4.69, 9.17) is 4.74 Å². The van der Waals surface area contributed by atoms with Crippen LogP contribution in [0.3, 0.4) is 0 Å². The van der Waals surface area contributed by atoms with Gasteiger partial charge >= 0.3 is 0 Å². The summed E-state index contributed by atoms with van der Waals surface area (Å²) >= 11 is 0. The Bertz CT molecular complexity index is 727. The highest BCUT2D eigenvalue weighted by Crippen LogP contribution is 2.21. The van der Waals surface area contributed by atoms with Crippen molar-refractivity contribution >= 4 is 17.3 Å². The van der Waals surface area contributed by atoms with Gasteiger partial charge in [0.2, 0.25) is 0 Å². The maximum absolute atomic E-state index is 12.7. The topological polar surface area (TPSA) is 57.7 Å². The molecule has 0 saturated carbocycles. The quantitative estimate of drug-likeness (QED) is 0.907. The van der Waals surface area contributed by atoms with Crippen molar-refractivity contribution in [1.29, 1.82) is 0 Å². The van der Waals surface area contributed by atoms with Gasteiger partial charge < -0.3 is 19.9 Å². The van der Waals surface area contributed by atoms with Crippen molar-refractivity contribution in [2.24, 2.45) is 0 Å². The Balaban J connectivity index is 1.69. The van der Waals surface area contributed by atoms with Crippen molar-refractivity contribution in [3.05, 3.63) is 48.3 Å². The molecule has 0 radical (unpaired) electrons. The Labute approximate surface area is 148 Å². The van der Waals surface area contributed by atoms with Crippen LogP contribution in [0.4, 0.5) is 11.4 Å². The Hall–Kier alpha value is -2.60. The molecule has 1 fully saturated rings. The molecular weight excluding hydrogens is 316 g/mol. The maximum atomic E-state index is 12.7. The van der Waals surface area contributed by atoms with Crippen molar-refractivity contribution in [2.75, 3.05) is 45.2 Å². The third-order valence-corrected chi connectivity index (χ3v) is 4.45. The highest BCUT2D eigenvalue weighted by atomic mass is 16.5. The van der Waals surface area contributed by atoms with Crippen LogP contribution in [0.15, 0.2) is 42.7 Å².